The number of likely N-dealkylation sites (N-methyl/N-ethyl adjacent to an activating group) is 1. The molecule has 1 aromatic carbocycles. The number of thioether (sulfide) groups is 1. The minimum absolute atomic E-state index is 0.104. The number of hydrogen-bond donors (Lipinski definition) is 0. The molecule has 7 nitrogen and oxygen atoms in total. The highest BCUT2D eigenvalue weighted by atomic mass is 32.2. The van der Waals surface area contributed by atoms with Crippen LogP contribution in [0.5, 0.6) is 5.75 Å². The third-order valence-electron chi connectivity index (χ3n) is 4.00. The van der Waals surface area contributed by atoms with Gasteiger partial charge in [-0.15, -0.1) is 10.2 Å². The van der Waals surface area contributed by atoms with Crippen LogP contribution in [-0.4, -0.2) is 71.5 Å². The Bertz CT molecular complexity index is 713. The van der Waals surface area contributed by atoms with Crippen LogP contribution in [0.3, 0.4) is 0 Å². The number of aromatic nitrogens is 2. The average molecular weight is 362 g/mol. The van der Waals surface area contributed by atoms with Crippen molar-refractivity contribution in [2.24, 2.45) is 0 Å². The van der Waals surface area contributed by atoms with Crippen molar-refractivity contribution in [3.8, 4) is 17.2 Å². The van der Waals surface area contributed by atoms with Gasteiger partial charge in [0, 0.05) is 26.2 Å². The van der Waals surface area contributed by atoms with E-state index in [1.807, 2.05) is 36.1 Å². The van der Waals surface area contributed by atoms with E-state index in [0.717, 1.165) is 31.7 Å². The largest absolute Gasteiger partial charge is 0.493 e. The number of ether oxygens (including phenoxy) is 1. The predicted octanol–water partition coefficient (Wildman–Crippen LogP) is 2.00. The molecule has 1 fully saturated rings. The van der Waals surface area contributed by atoms with E-state index in [0.29, 0.717) is 29.2 Å². The summed E-state index contributed by atoms with van der Waals surface area (Å²) in [6, 6.07) is 7.54. The Labute approximate surface area is 151 Å². The molecule has 25 heavy (non-hydrogen) atoms. The summed E-state index contributed by atoms with van der Waals surface area (Å²) in [6.45, 7) is 5.85. The zero-order valence-electron chi connectivity index (χ0n) is 14.5. The van der Waals surface area contributed by atoms with Gasteiger partial charge < -0.3 is 19.0 Å². The second-order valence-electron chi connectivity index (χ2n) is 5.78. The van der Waals surface area contributed by atoms with Crippen LogP contribution < -0.4 is 4.74 Å². The highest BCUT2D eigenvalue weighted by Crippen LogP contribution is 2.30. The Kier molecular flexibility index (Phi) is 5.93. The Morgan fingerprint density at radius 2 is 2.00 bits per heavy atom. The first-order valence-corrected chi connectivity index (χ1v) is 9.30. The third kappa shape index (κ3) is 4.52. The lowest BCUT2D eigenvalue weighted by molar-refractivity contribution is -0.129. The second-order valence-corrected chi connectivity index (χ2v) is 6.70. The number of carbonyl (C=O) groups is 1. The topological polar surface area (TPSA) is 71.7 Å². The molecule has 2 aromatic rings. The molecule has 0 spiro atoms. The van der Waals surface area contributed by atoms with Gasteiger partial charge in [-0.2, -0.15) is 0 Å². The minimum atomic E-state index is 0.104. The van der Waals surface area contributed by atoms with E-state index in [-0.39, 0.29) is 5.91 Å². The van der Waals surface area contributed by atoms with Gasteiger partial charge in [-0.05, 0) is 26.1 Å². The van der Waals surface area contributed by atoms with Gasteiger partial charge >= 0.3 is 0 Å². The molecule has 1 amide bonds. The first kappa shape index (κ1) is 17.8. The standard InChI is InChI=1S/C17H22N4O3S/c1-3-23-14-7-5-4-6-13(14)16-18-19-17(24-16)25-12-15(22)21-10-8-20(2)9-11-21/h4-7H,3,8-12H2,1-2H3. The summed E-state index contributed by atoms with van der Waals surface area (Å²) < 4.78 is 11.3. The molecule has 0 saturated carbocycles. The number of piperazine rings is 1. The molecular formula is C17H22N4O3S. The first-order chi connectivity index (χ1) is 12.2. The van der Waals surface area contributed by atoms with Gasteiger partial charge in [-0.25, -0.2) is 0 Å². The summed E-state index contributed by atoms with van der Waals surface area (Å²) in [7, 11) is 2.07. The molecule has 1 aromatic heterocycles. The lowest BCUT2D eigenvalue weighted by Gasteiger charge is -2.32. The normalized spacial score (nSPS) is 15.4. The van der Waals surface area contributed by atoms with Gasteiger partial charge in [0.1, 0.15) is 5.75 Å². The van der Waals surface area contributed by atoms with E-state index in [2.05, 4.69) is 22.1 Å². The van der Waals surface area contributed by atoms with Crippen molar-refractivity contribution in [3.63, 3.8) is 0 Å². The lowest BCUT2D eigenvalue weighted by Crippen LogP contribution is -2.47. The van der Waals surface area contributed by atoms with Gasteiger partial charge in [-0.1, -0.05) is 23.9 Å². The smallest absolute Gasteiger partial charge is 0.277 e. The molecule has 3 rings (SSSR count). The Morgan fingerprint density at radius 3 is 2.76 bits per heavy atom. The average Bonchev–Trinajstić information content (AvgIpc) is 3.10. The van der Waals surface area contributed by atoms with Crippen molar-refractivity contribution < 1.29 is 13.9 Å². The molecule has 0 unspecified atom stereocenters. The zero-order valence-corrected chi connectivity index (χ0v) is 15.3. The van der Waals surface area contributed by atoms with Crippen molar-refractivity contribution in [2.45, 2.75) is 12.1 Å². The van der Waals surface area contributed by atoms with E-state index in [1.54, 1.807) is 0 Å². The predicted molar refractivity (Wildman–Crippen MR) is 95.7 cm³/mol. The Balaban J connectivity index is 1.60. The van der Waals surface area contributed by atoms with Crippen LogP contribution in [0.4, 0.5) is 0 Å². The van der Waals surface area contributed by atoms with Crippen molar-refractivity contribution in [1.29, 1.82) is 0 Å². The Hall–Kier alpha value is -2.06. The van der Waals surface area contributed by atoms with Gasteiger partial charge in [0.25, 0.3) is 11.1 Å². The molecule has 0 radical (unpaired) electrons. The number of benzene rings is 1. The molecule has 8 heteroatoms. The molecule has 2 heterocycles. The second kappa shape index (κ2) is 8.35. The highest BCUT2D eigenvalue weighted by Gasteiger charge is 2.20. The molecule has 0 atom stereocenters. The van der Waals surface area contributed by atoms with Crippen molar-refractivity contribution in [1.82, 2.24) is 20.0 Å². The minimum Gasteiger partial charge on any atom is -0.493 e. The SMILES string of the molecule is CCOc1ccccc1-c1nnc(SCC(=O)N2CCN(C)CC2)o1. The van der Waals surface area contributed by atoms with E-state index >= 15 is 0 Å². The number of nitrogens with zero attached hydrogens (tertiary/aromatic N) is 4. The molecular weight excluding hydrogens is 340 g/mol. The van der Waals surface area contributed by atoms with Crippen LogP contribution in [0, 0.1) is 0 Å². The summed E-state index contributed by atoms with van der Waals surface area (Å²) in [5.74, 6) is 1.52. The zero-order chi connectivity index (χ0) is 17.6. The van der Waals surface area contributed by atoms with Gasteiger partial charge in [0.05, 0.1) is 17.9 Å². The number of hydrogen-bond acceptors (Lipinski definition) is 7. The first-order valence-electron chi connectivity index (χ1n) is 8.32. The number of carbonyl (C=O) groups excluding carboxylic acids is 1. The van der Waals surface area contributed by atoms with Crippen LogP contribution in [0.25, 0.3) is 11.5 Å². The molecule has 0 aliphatic carbocycles. The van der Waals surface area contributed by atoms with E-state index in [9.17, 15) is 4.79 Å². The van der Waals surface area contributed by atoms with Gasteiger partial charge in [-0.3, -0.25) is 4.79 Å². The summed E-state index contributed by atoms with van der Waals surface area (Å²) >= 11 is 1.27. The Morgan fingerprint density at radius 1 is 1.24 bits per heavy atom. The van der Waals surface area contributed by atoms with E-state index in [4.69, 9.17) is 9.15 Å². The quantitative estimate of drug-likeness (QED) is 0.728. The van der Waals surface area contributed by atoms with Crippen LogP contribution in [0.15, 0.2) is 33.9 Å². The maximum atomic E-state index is 12.3. The molecule has 1 aliphatic rings. The van der Waals surface area contributed by atoms with Crippen LogP contribution in [-0.2, 0) is 4.79 Å². The van der Waals surface area contributed by atoms with E-state index < -0.39 is 0 Å². The molecule has 0 N–H and O–H groups in total. The summed E-state index contributed by atoms with van der Waals surface area (Å²) in [6.07, 6.45) is 0. The fourth-order valence-corrected chi connectivity index (χ4v) is 3.24. The van der Waals surface area contributed by atoms with Crippen molar-refractivity contribution in [2.75, 3.05) is 45.6 Å². The van der Waals surface area contributed by atoms with Crippen LogP contribution in [0.2, 0.25) is 0 Å². The van der Waals surface area contributed by atoms with Gasteiger partial charge in [0.15, 0.2) is 0 Å². The molecule has 134 valence electrons. The lowest BCUT2D eigenvalue weighted by atomic mass is 10.2. The summed E-state index contributed by atoms with van der Waals surface area (Å²) in [5.41, 5.74) is 0.758. The van der Waals surface area contributed by atoms with Gasteiger partial charge in [0.2, 0.25) is 5.91 Å². The molecule has 1 saturated heterocycles. The van der Waals surface area contributed by atoms with Crippen molar-refractivity contribution >= 4 is 17.7 Å². The van der Waals surface area contributed by atoms with E-state index in [1.165, 1.54) is 11.8 Å². The maximum absolute atomic E-state index is 12.3. The van der Waals surface area contributed by atoms with Crippen LogP contribution in [0.1, 0.15) is 6.92 Å². The third-order valence-corrected chi connectivity index (χ3v) is 4.80. The summed E-state index contributed by atoms with van der Waals surface area (Å²) in [5, 5.41) is 8.51. The maximum Gasteiger partial charge on any atom is 0.277 e. The van der Waals surface area contributed by atoms with Crippen molar-refractivity contribution in [3.05, 3.63) is 24.3 Å². The molecule has 0 bridgehead atoms. The fourth-order valence-electron chi connectivity index (χ4n) is 2.57. The summed E-state index contributed by atoms with van der Waals surface area (Å²) in [4.78, 5) is 16.4. The monoisotopic (exact) mass is 362 g/mol. The van der Waals surface area contributed by atoms with Crippen LogP contribution >= 0.6 is 11.8 Å². The highest BCUT2D eigenvalue weighted by molar-refractivity contribution is 7.99. The number of para-hydroxylation sites is 1. The number of amides is 1. The number of rotatable bonds is 6. The fraction of sp³-hybridized carbons (Fsp3) is 0.471. The molecule has 1 aliphatic heterocycles.